The summed E-state index contributed by atoms with van der Waals surface area (Å²) in [6, 6.07) is 7.07. The second-order valence-corrected chi connectivity index (χ2v) is 6.78. The first-order valence-corrected chi connectivity index (χ1v) is 8.86. The van der Waals surface area contributed by atoms with Crippen LogP contribution in [0.4, 0.5) is 16.2 Å². The molecule has 126 valence electrons. The smallest absolute Gasteiger partial charge is 0.319 e. The van der Waals surface area contributed by atoms with E-state index in [1.807, 2.05) is 30.5 Å². The predicted octanol–water partition coefficient (Wildman–Crippen LogP) is 3.15. The number of nitrogens with zero attached hydrogens (tertiary/aromatic N) is 2. The first-order valence-electron chi connectivity index (χ1n) is 8.04. The van der Waals surface area contributed by atoms with Crippen molar-refractivity contribution in [3.63, 3.8) is 0 Å². The lowest BCUT2D eigenvalue weighted by Crippen LogP contribution is -2.28. The zero-order valence-electron chi connectivity index (χ0n) is 13.5. The van der Waals surface area contributed by atoms with E-state index in [4.69, 9.17) is 0 Å². The summed E-state index contributed by atoms with van der Waals surface area (Å²) in [4.78, 5) is 31.1. The molecule has 3 amide bonds. The highest BCUT2D eigenvalue weighted by molar-refractivity contribution is 7.11. The Morgan fingerprint density at radius 3 is 3.00 bits per heavy atom. The van der Waals surface area contributed by atoms with Crippen molar-refractivity contribution in [3.8, 4) is 0 Å². The average molecular weight is 344 g/mol. The monoisotopic (exact) mass is 344 g/mol. The van der Waals surface area contributed by atoms with E-state index in [1.54, 1.807) is 16.2 Å². The van der Waals surface area contributed by atoms with Gasteiger partial charge in [-0.25, -0.2) is 9.78 Å². The van der Waals surface area contributed by atoms with Crippen molar-refractivity contribution in [2.24, 2.45) is 0 Å². The van der Waals surface area contributed by atoms with Crippen molar-refractivity contribution in [1.29, 1.82) is 0 Å². The molecule has 0 bridgehead atoms. The third-order valence-corrected chi connectivity index (χ3v) is 4.98. The number of rotatable bonds is 5. The summed E-state index contributed by atoms with van der Waals surface area (Å²) in [5, 5.41) is 6.49. The zero-order valence-corrected chi connectivity index (χ0v) is 14.4. The minimum absolute atomic E-state index is 0.132. The van der Waals surface area contributed by atoms with Crippen LogP contribution in [0.5, 0.6) is 0 Å². The molecule has 0 radical (unpaired) electrons. The highest BCUT2D eigenvalue weighted by Crippen LogP contribution is 2.24. The van der Waals surface area contributed by atoms with Crippen LogP contribution in [0.2, 0.25) is 0 Å². The fraction of sp³-hybridized carbons (Fsp3) is 0.353. The molecule has 1 aromatic heterocycles. The van der Waals surface area contributed by atoms with E-state index in [0.29, 0.717) is 18.7 Å². The van der Waals surface area contributed by atoms with Crippen molar-refractivity contribution in [1.82, 2.24) is 10.3 Å². The van der Waals surface area contributed by atoms with Crippen LogP contribution < -0.4 is 15.5 Å². The molecule has 1 saturated heterocycles. The summed E-state index contributed by atoms with van der Waals surface area (Å²) in [7, 11) is 0. The molecular weight excluding hydrogens is 324 g/mol. The highest BCUT2D eigenvalue weighted by atomic mass is 32.1. The molecule has 2 heterocycles. The van der Waals surface area contributed by atoms with Gasteiger partial charge in [-0.05, 0) is 31.0 Å². The van der Waals surface area contributed by atoms with Crippen LogP contribution in [-0.2, 0) is 17.8 Å². The number of hydrogen-bond donors (Lipinski definition) is 2. The number of anilines is 2. The van der Waals surface area contributed by atoms with Crippen LogP contribution in [0.25, 0.3) is 0 Å². The number of urea groups is 1. The molecule has 0 atom stereocenters. The van der Waals surface area contributed by atoms with Gasteiger partial charge in [0.05, 0.1) is 6.54 Å². The average Bonchev–Trinajstić information content (AvgIpc) is 3.22. The largest absolute Gasteiger partial charge is 0.331 e. The summed E-state index contributed by atoms with van der Waals surface area (Å²) >= 11 is 1.60. The maximum atomic E-state index is 12.0. The summed E-state index contributed by atoms with van der Waals surface area (Å²) < 4.78 is 0. The van der Waals surface area contributed by atoms with E-state index < -0.39 is 0 Å². The summed E-state index contributed by atoms with van der Waals surface area (Å²) in [5.74, 6) is 0.132. The van der Waals surface area contributed by atoms with Crippen molar-refractivity contribution < 1.29 is 9.59 Å². The van der Waals surface area contributed by atoms with Gasteiger partial charge in [0, 0.05) is 35.4 Å². The second kappa shape index (κ2) is 7.44. The molecule has 3 rings (SSSR count). The standard InChI is InChI=1S/C17H20N4O2S/c1-2-14-10-18-15(24-14)11-19-17(23)20-12-5-3-6-13(9-12)21-8-4-7-16(21)22/h3,5-6,9-10H,2,4,7-8,11H2,1H3,(H2,19,20,23). The number of carbonyl (C=O) groups is 2. The van der Waals surface area contributed by atoms with Crippen LogP contribution in [-0.4, -0.2) is 23.5 Å². The van der Waals surface area contributed by atoms with Gasteiger partial charge in [-0.2, -0.15) is 0 Å². The van der Waals surface area contributed by atoms with Crippen molar-refractivity contribution in [2.45, 2.75) is 32.7 Å². The van der Waals surface area contributed by atoms with Gasteiger partial charge >= 0.3 is 6.03 Å². The number of benzene rings is 1. The topological polar surface area (TPSA) is 74.3 Å². The number of amides is 3. The quantitative estimate of drug-likeness (QED) is 0.875. The van der Waals surface area contributed by atoms with E-state index in [-0.39, 0.29) is 11.9 Å². The molecule has 1 fully saturated rings. The van der Waals surface area contributed by atoms with Crippen molar-refractivity contribution in [3.05, 3.63) is 40.3 Å². The Morgan fingerprint density at radius 2 is 2.29 bits per heavy atom. The van der Waals surface area contributed by atoms with E-state index in [0.717, 1.165) is 30.1 Å². The third-order valence-electron chi connectivity index (χ3n) is 3.84. The lowest BCUT2D eigenvalue weighted by molar-refractivity contribution is -0.117. The lowest BCUT2D eigenvalue weighted by Gasteiger charge is -2.16. The van der Waals surface area contributed by atoms with Crippen LogP contribution in [0.1, 0.15) is 29.7 Å². The fourth-order valence-electron chi connectivity index (χ4n) is 2.60. The summed E-state index contributed by atoms with van der Waals surface area (Å²) in [6.45, 7) is 3.22. The van der Waals surface area contributed by atoms with E-state index in [2.05, 4.69) is 22.5 Å². The minimum atomic E-state index is -0.284. The Morgan fingerprint density at radius 1 is 1.42 bits per heavy atom. The Bertz CT molecular complexity index is 744. The molecule has 0 unspecified atom stereocenters. The van der Waals surface area contributed by atoms with Crippen LogP contribution >= 0.6 is 11.3 Å². The SMILES string of the molecule is CCc1cnc(CNC(=O)Nc2cccc(N3CCCC3=O)c2)s1. The number of carbonyl (C=O) groups excluding carboxylic acids is 2. The molecule has 6 nitrogen and oxygen atoms in total. The van der Waals surface area contributed by atoms with Crippen LogP contribution in [0.15, 0.2) is 30.5 Å². The second-order valence-electron chi connectivity index (χ2n) is 5.58. The molecule has 1 aromatic carbocycles. The van der Waals surface area contributed by atoms with Crippen LogP contribution in [0.3, 0.4) is 0 Å². The van der Waals surface area contributed by atoms with Gasteiger partial charge < -0.3 is 15.5 Å². The van der Waals surface area contributed by atoms with Gasteiger partial charge in [0.1, 0.15) is 5.01 Å². The van der Waals surface area contributed by atoms with E-state index >= 15 is 0 Å². The fourth-order valence-corrected chi connectivity index (χ4v) is 3.40. The molecule has 0 aliphatic carbocycles. The van der Waals surface area contributed by atoms with Gasteiger partial charge in [-0.1, -0.05) is 13.0 Å². The van der Waals surface area contributed by atoms with Crippen molar-refractivity contribution >= 4 is 34.6 Å². The van der Waals surface area contributed by atoms with Gasteiger partial charge in [0.15, 0.2) is 0 Å². The van der Waals surface area contributed by atoms with Gasteiger partial charge in [0.2, 0.25) is 5.91 Å². The first-order chi connectivity index (χ1) is 11.7. The molecule has 7 heteroatoms. The Balaban J connectivity index is 1.57. The van der Waals surface area contributed by atoms with Crippen molar-refractivity contribution in [2.75, 3.05) is 16.8 Å². The molecule has 2 aromatic rings. The van der Waals surface area contributed by atoms with E-state index in [9.17, 15) is 9.59 Å². The molecule has 1 aliphatic rings. The maximum Gasteiger partial charge on any atom is 0.319 e. The normalized spacial score (nSPS) is 14.0. The molecule has 0 saturated carbocycles. The Kier molecular flexibility index (Phi) is 5.10. The van der Waals surface area contributed by atoms with E-state index in [1.165, 1.54) is 4.88 Å². The molecule has 24 heavy (non-hydrogen) atoms. The molecular formula is C17H20N4O2S. The van der Waals surface area contributed by atoms with Gasteiger partial charge in [-0.15, -0.1) is 11.3 Å². The zero-order chi connectivity index (χ0) is 16.9. The molecule has 1 aliphatic heterocycles. The van der Waals surface area contributed by atoms with Crippen LogP contribution in [0, 0.1) is 0 Å². The highest BCUT2D eigenvalue weighted by Gasteiger charge is 2.21. The Labute approximate surface area is 144 Å². The minimum Gasteiger partial charge on any atom is -0.331 e. The number of thiazole rings is 1. The lowest BCUT2D eigenvalue weighted by atomic mass is 10.2. The predicted molar refractivity (Wildman–Crippen MR) is 95.4 cm³/mol. The van der Waals surface area contributed by atoms with Gasteiger partial charge in [-0.3, -0.25) is 4.79 Å². The number of aromatic nitrogens is 1. The molecule has 0 spiro atoms. The van der Waals surface area contributed by atoms with Gasteiger partial charge in [0.25, 0.3) is 0 Å². The third kappa shape index (κ3) is 3.91. The number of nitrogens with one attached hydrogen (secondary N) is 2. The first kappa shape index (κ1) is 16.4. The Hall–Kier alpha value is -2.41. The number of hydrogen-bond acceptors (Lipinski definition) is 4. The molecule has 2 N–H and O–H groups in total. The number of aryl methyl sites for hydroxylation is 1. The summed E-state index contributed by atoms with van der Waals surface area (Å²) in [6.07, 6.45) is 4.26. The maximum absolute atomic E-state index is 12.0. The summed E-state index contributed by atoms with van der Waals surface area (Å²) in [5.41, 5.74) is 1.49.